The molecule has 3 bridgehead atoms. The number of hydrogen-bond acceptors (Lipinski definition) is 4. The fourth-order valence-corrected chi connectivity index (χ4v) is 7.54. The number of hydroxylamine groups is 1. The van der Waals surface area contributed by atoms with Gasteiger partial charge in [0.2, 0.25) is 0 Å². The highest BCUT2D eigenvalue weighted by Crippen LogP contribution is 2.60. The van der Waals surface area contributed by atoms with E-state index in [1.54, 1.807) is 6.07 Å². The molecule has 6 rings (SSSR count). The molecular weight excluding hydrogens is 442 g/mol. The number of alkyl halides is 1. The van der Waals surface area contributed by atoms with Crippen LogP contribution in [0.15, 0.2) is 12.1 Å². The third-order valence-electron chi connectivity index (χ3n) is 9.21. The average Bonchev–Trinajstić information content (AvgIpc) is 3.55. The van der Waals surface area contributed by atoms with E-state index in [4.69, 9.17) is 9.94 Å². The SMILES string of the molecule is O=C(NO)[C@@H]1C[C@@H](F)CN1C(=O)c1cc(C2CC2)c(OCC23CCC4CC(CC4C2)C3)cc1F. The van der Waals surface area contributed by atoms with Crippen molar-refractivity contribution in [3.8, 4) is 5.75 Å². The van der Waals surface area contributed by atoms with E-state index in [1.165, 1.54) is 50.1 Å². The van der Waals surface area contributed by atoms with Crippen LogP contribution < -0.4 is 10.2 Å². The van der Waals surface area contributed by atoms with Crippen molar-refractivity contribution in [3.63, 3.8) is 0 Å². The third kappa shape index (κ3) is 3.78. The number of likely N-dealkylation sites (tertiary alicyclic amines) is 1. The van der Waals surface area contributed by atoms with Crippen LogP contribution in [0.2, 0.25) is 0 Å². The molecule has 6 nitrogen and oxygen atoms in total. The topological polar surface area (TPSA) is 78.9 Å². The molecule has 1 aromatic rings. The van der Waals surface area contributed by atoms with E-state index in [9.17, 15) is 14.0 Å². The molecule has 8 heteroatoms. The molecule has 1 heterocycles. The fourth-order valence-electron chi connectivity index (χ4n) is 7.54. The highest BCUT2D eigenvalue weighted by atomic mass is 19.1. The molecule has 5 aliphatic rings. The quantitative estimate of drug-likeness (QED) is 0.475. The van der Waals surface area contributed by atoms with Crippen LogP contribution in [0.25, 0.3) is 0 Å². The maximum absolute atomic E-state index is 15.2. The Morgan fingerprint density at radius 3 is 2.71 bits per heavy atom. The van der Waals surface area contributed by atoms with Gasteiger partial charge in [-0.25, -0.2) is 14.3 Å². The first kappa shape index (κ1) is 22.3. The number of benzene rings is 1. The van der Waals surface area contributed by atoms with Gasteiger partial charge in [-0.05, 0) is 86.7 Å². The van der Waals surface area contributed by atoms with Crippen LogP contribution in [0, 0.1) is 29.0 Å². The predicted molar refractivity (Wildman–Crippen MR) is 119 cm³/mol. The third-order valence-corrected chi connectivity index (χ3v) is 9.21. The smallest absolute Gasteiger partial charge is 0.266 e. The van der Waals surface area contributed by atoms with Crippen LogP contribution >= 0.6 is 0 Å². The van der Waals surface area contributed by atoms with Crippen molar-refractivity contribution in [1.82, 2.24) is 10.4 Å². The lowest BCUT2D eigenvalue weighted by Gasteiger charge is -2.44. The maximum atomic E-state index is 15.2. The summed E-state index contributed by atoms with van der Waals surface area (Å²) in [6, 6.07) is 1.69. The number of ether oxygens (including phenoxy) is 1. The lowest BCUT2D eigenvalue weighted by atomic mass is 9.62. The molecule has 1 saturated heterocycles. The molecule has 0 radical (unpaired) electrons. The summed E-state index contributed by atoms with van der Waals surface area (Å²) in [6.45, 7) is 0.285. The lowest BCUT2D eigenvalue weighted by molar-refractivity contribution is -0.133. The first-order chi connectivity index (χ1) is 16.4. The van der Waals surface area contributed by atoms with E-state index in [1.807, 2.05) is 0 Å². The molecule has 2 amide bonds. The Kier molecular flexibility index (Phi) is 5.35. The number of fused-ring (bicyclic) bond motifs is 2. The van der Waals surface area contributed by atoms with Gasteiger partial charge < -0.3 is 9.64 Å². The van der Waals surface area contributed by atoms with E-state index in [-0.39, 0.29) is 29.9 Å². The predicted octanol–water partition coefficient (Wildman–Crippen LogP) is 4.36. The van der Waals surface area contributed by atoms with Gasteiger partial charge in [0, 0.05) is 17.9 Å². The average molecular weight is 475 g/mol. The Morgan fingerprint density at radius 2 is 1.94 bits per heavy atom. The van der Waals surface area contributed by atoms with E-state index in [0.717, 1.165) is 41.1 Å². The van der Waals surface area contributed by atoms with Gasteiger partial charge in [-0.2, -0.15) is 0 Å². The molecule has 1 aromatic carbocycles. The summed E-state index contributed by atoms with van der Waals surface area (Å²) in [4.78, 5) is 26.1. The molecule has 4 aliphatic carbocycles. The van der Waals surface area contributed by atoms with Gasteiger partial charge in [-0.1, -0.05) is 0 Å². The Morgan fingerprint density at radius 1 is 1.15 bits per heavy atom. The second-order valence-electron chi connectivity index (χ2n) is 11.5. The molecule has 5 fully saturated rings. The Bertz CT molecular complexity index is 1010. The van der Waals surface area contributed by atoms with Gasteiger partial charge in [-0.3, -0.25) is 14.8 Å². The summed E-state index contributed by atoms with van der Waals surface area (Å²) >= 11 is 0. The highest BCUT2D eigenvalue weighted by molar-refractivity contribution is 5.98. The van der Waals surface area contributed by atoms with Gasteiger partial charge in [0.05, 0.1) is 18.7 Å². The van der Waals surface area contributed by atoms with Crippen molar-refractivity contribution < 1.29 is 28.3 Å². The first-order valence-corrected chi connectivity index (χ1v) is 12.7. The molecule has 1 aliphatic heterocycles. The number of nitrogens with zero attached hydrogens (tertiary/aromatic N) is 1. The summed E-state index contributed by atoms with van der Waals surface area (Å²) in [5.74, 6) is 0.920. The standard InChI is InChI=1S/C26H32F2N2O4/c27-18-7-22(24(31)29-33)30(12-18)25(32)20-8-19(15-1-2-15)23(9-21(20)28)34-13-26-4-3-16-5-14(10-26)6-17(16)11-26/h8-9,14-18,22,33H,1-7,10-13H2,(H,29,31)/t14?,16?,17?,18-,22+,26?/m1/s1. The molecule has 0 aromatic heterocycles. The van der Waals surface area contributed by atoms with Crippen LogP contribution in [-0.2, 0) is 4.79 Å². The van der Waals surface area contributed by atoms with Gasteiger partial charge in [0.25, 0.3) is 11.8 Å². The molecule has 4 saturated carbocycles. The summed E-state index contributed by atoms with van der Waals surface area (Å²) in [6.07, 6.45) is 7.86. The molecule has 4 unspecified atom stereocenters. The van der Waals surface area contributed by atoms with Crippen LogP contribution in [0.1, 0.15) is 79.6 Å². The summed E-state index contributed by atoms with van der Waals surface area (Å²) in [5, 5.41) is 8.96. The molecule has 6 atom stereocenters. The number of carbonyl (C=O) groups is 2. The number of nitrogens with one attached hydrogen (secondary N) is 1. The van der Waals surface area contributed by atoms with E-state index in [0.29, 0.717) is 12.4 Å². The molecular formula is C26H32F2N2O4. The van der Waals surface area contributed by atoms with E-state index in [2.05, 4.69) is 0 Å². The van der Waals surface area contributed by atoms with Gasteiger partial charge in [0.15, 0.2) is 0 Å². The lowest BCUT2D eigenvalue weighted by Crippen LogP contribution is -2.45. The summed E-state index contributed by atoms with van der Waals surface area (Å²) in [5.41, 5.74) is 2.32. The van der Waals surface area contributed by atoms with Crippen molar-refractivity contribution in [2.75, 3.05) is 13.2 Å². The Labute approximate surface area is 198 Å². The number of halogens is 2. The largest absolute Gasteiger partial charge is 0.493 e. The molecule has 184 valence electrons. The van der Waals surface area contributed by atoms with Crippen LogP contribution in [0.5, 0.6) is 5.75 Å². The van der Waals surface area contributed by atoms with Crippen molar-refractivity contribution >= 4 is 11.8 Å². The van der Waals surface area contributed by atoms with Crippen LogP contribution in [0.3, 0.4) is 0 Å². The number of hydrogen-bond donors (Lipinski definition) is 2. The van der Waals surface area contributed by atoms with E-state index >= 15 is 4.39 Å². The second kappa shape index (κ2) is 8.18. The number of rotatable bonds is 6. The molecule has 34 heavy (non-hydrogen) atoms. The van der Waals surface area contributed by atoms with Crippen molar-refractivity contribution in [3.05, 3.63) is 29.1 Å². The summed E-state index contributed by atoms with van der Waals surface area (Å²) < 4.78 is 35.6. The summed E-state index contributed by atoms with van der Waals surface area (Å²) in [7, 11) is 0. The zero-order valence-electron chi connectivity index (χ0n) is 19.3. The van der Waals surface area contributed by atoms with Crippen molar-refractivity contribution in [2.24, 2.45) is 23.2 Å². The van der Waals surface area contributed by atoms with E-state index < -0.39 is 29.8 Å². The van der Waals surface area contributed by atoms with Crippen LogP contribution in [-0.4, -0.2) is 47.3 Å². The fraction of sp³-hybridized carbons (Fsp3) is 0.692. The molecule has 0 spiro atoms. The van der Waals surface area contributed by atoms with Crippen molar-refractivity contribution in [2.45, 2.75) is 75.9 Å². The monoisotopic (exact) mass is 474 g/mol. The maximum Gasteiger partial charge on any atom is 0.266 e. The zero-order valence-corrected chi connectivity index (χ0v) is 19.3. The number of carbonyl (C=O) groups excluding carboxylic acids is 2. The second-order valence-corrected chi connectivity index (χ2v) is 11.5. The number of amides is 2. The minimum atomic E-state index is -1.40. The first-order valence-electron chi connectivity index (χ1n) is 12.7. The highest BCUT2D eigenvalue weighted by Gasteiger charge is 2.52. The van der Waals surface area contributed by atoms with Gasteiger partial charge in [0.1, 0.15) is 23.8 Å². The normalized spacial score (nSPS) is 36.1. The molecule has 2 N–H and O–H groups in total. The Hall–Kier alpha value is -2.22. The van der Waals surface area contributed by atoms with Crippen molar-refractivity contribution in [1.29, 1.82) is 0 Å². The van der Waals surface area contributed by atoms with Gasteiger partial charge >= 0.3 is 0 Å². The van der Waals surface area contributed by atoms with Crippen LogP contribution in [0.4, 0.5) is 8.78 Å². The minimum absolute atomic E-state index is 0.173. The minimum Gasteiger partial charge on any atom is -0.493 e. The Balaban J connectivity index is 1.24. The van der Waals surface area contributed by atoms with Gasteiger partial charge in [-0.15, -0.1) is 0 Å². The zero-order chi connectivity index (χ0) is 23.6.